The van der Waals surface area contributed by atoms with Gasteiger partial charge < -0.3 is 10.6 Å². The fraction of sp³-hybridized carbons (Fsp3) is 0.207. The van der Waals surface area contributed by atoms with Gasteiger partial charge in [-0.1, -0.05) is 41.9 Å². The first-order valence-electron chi connectivity index (χ1n) is 12.1. The Hall–Kier alpha value is -3.33. The predicted octanol–water partition coefficient (Wildman–Crippen LogP) is 7.22. The molecule has 0 saturated carbocycles. The third-order valence-electron chi connectivity index (χ3n) is 6.72. The first kappa shape index (κ1) is 26.3. The number of anilines is 2. The Labute approximate surface area is 228 Å². The quantitative estimate of drug-likeness (QED) is 0.255. The topological polar surface area (TPSA) is 49.6 Å². The van der Waals surface area contributed by atoms with E-state index in [2.05, 4.69) is 9.80 Å². The molecule has 4 nitrogen and oxygen atoms in total. The number of carbonyl (C=O) groups excluding carboxylic acids is 1. The summed E-state index contributed by atoms with van der Waals surface area (Å²) in [6.45, 7) is 3.24. The highest BCUT2D eigenvalue weighted by atomic mass is 35.5. The van der Waals surface area contributed by atoms with E-state index in [1.54, 1.807) is 24.3 Å². The van der Waals surface area contributed by atoms with Gasteiger partial charge in [0.05, 0.1) is 16.1 Å². The highest BCUT2D eigenvalue weighted by molar-refractivity contribution is 7.20. The van der Waals surface area contributed by atoms with E-state index in [1.165, 1.54) is 23.5 Å². The van der Waals surface area contributed by atoms with Crippen LogP contribution in [0.3, 0.4) is 0 Å². The van der Waals surface area contributed by atoms with Crippen LogP contribution in [0, 0.1) is 0 Å². The number of hydrogen-bond donors (Lipinski definition) is 1. The summed E-state index contributed by atoms with van der Waals surface area (Å²) in [4.78, 5) is 18.9. The van der Waals surface area contributed by atoms with Crippen molar-refractivity contribution in [2.45, 2.75) is 12.7 Å². The van der Waals surface area contributed by atoms with Crippen LogP contribution in [0.4, 0.5) is 23.9 Å². The van der Waals surface area contributed by atoms with E-state index >= 15 is 0 Å². The highest BCUT2D eigenvalue weighted by Gasteiger charge is 2.31. The van der Waals surface area contributed by atoms with Gasteiger partial charge in [0.25, 0.3) is 0 Å². The third kappa shape index (κ3) is 5.57. The minimum Gasteiger partial charge on any atom is -0.390 e. The Morgan fingerprint density at radius 3 is 2.13 bits per heavy atom. The number of ketones is 1. The molecular weight excluding hydrogens is 531 g/mol. The summed E-state index contributed by atoms with van der Waals surface area (Å²) < 4.78 is 38.8. The van der Waals surface area contributed by atoms with E-state index in [0.717, 1.165) is 33.8 Å². The van der Waals surface area contributed by atoms with Gasteiger partial charge in [-0.3, -0.25) is 9.69 Å². The maximum Gasteiger partial charge on any atom is 0.416 e. The van der Waals surface area contributed by atoms with Crippen molar-refractivity contribution < 1.29 is 18.0 Å². The molecule has 0 radical (unpaired) electrons. The first-order valence-corrected chi connectivity index (χ1v) is 13.3. The van der Waals surface area contributed by atoms with E-state index in [4.69, 9.17) is 17.3 Å². The van der Waals surface area contributed by atoms with Crippen LogP contribution >= 0.6 is 22.9 Å². The molecule has 0 atom stereocenters. The molecule has 2 heterocycles. The zero-order valence-corrected chi connectivity index (χ0v) is 21.9. The predicted molar refractivity (Wildman–Crippen MR) is 148 cm³/mol. The summed E-state index contributed by atoms with van der Waals surface area (Å²) in [7, 11) is 0. The minimum absolute atomic E-state index is 0.143. The lowest BCUT2D eigenvalue weighted by Crippen LogP contribution is -2.46. The molecule has 3 aromatic carbocycles. The largest absolute Gasteiger partial charge is 0.416 e. The first-order chi connectivity index (χ1) is 18.2. The summed E-state index contributed by atoms with van der Waals surface area (Å²) in [6, 6.07) is 22.0. The molecule has 2 N–H and O–H groups in total. The van der Waals surface area contributed by atoms with E-state index in [9.17, 15) is 18.0 Å². The van der Waals surface area contributed by atoms with Crippen molar-refractivity contribution in [3.05, 3.63) is 106 Å². The second-order valence-electron chi connectivity index (χ2n) is 9.16. The maximum absolute atomic E-state index is 13.6. The van der Waals surface area contributed by atoms with Gasteiger partial charge in [-0.2, -0.15) is 13.2 Å². The van der Waals surface area contributed by atoms with Gasteiger partial charge in [-0.15, -0.1) is 11.3 Å². The van der Waals surface area contributed by atoms with Gasteiger partial charge >= 0.3 is 6.18 Å². The van der Waals surface area contributed by atoms with E-state index in [1.807, 2.05) is 30.3 Å². The summed E-state index contributed by atoms with van der Waals surface area (Å²) in [5.74, 6) is -0.143. The molecule has 1 fully saturated rings. The van der Waals surface area contributed by atoms with Crippen LogP contribution in [0.5, 0.6) is 0 Å². The van der Waals surface area contributed by atoms with E-state index in [0.29, 0.717) is 53.9 Å². The van der Waals surface area contributed by atoms with Crippen LogP contribution in [0.2, 0.25) is 5.02 Å². The SMILES string of the molecule is Nc1sc(-c2ccccc2)c(CN2CCN(c3ccc(C(F)(F)F)cc3)CC2)c1C(=O)c1ccc(Cl)cc1. The molecule has 1 aliphatic heterocycles. The lowest BCUT2D eigenvalue weighted by Gasteiger charge is -2.36. The molecule has 1 saturated heterocycles. The summed E-state index contributed by atoms with van der Waals surface area (Å²) in [6.07, 6.45) is -4.35. The number of alkyl halides is 3. The van der Waals surface area contributed by atoms with Crippen molar-refractivity contribution in [2.75, 3.05) is 36.8 Å². The Morgan fingerprint density at radius 1 is 0.895 bits per heavy atom. The van der Waals surface area contributed by atoms with Crippen LogP contribution in [-0.2, 0) is 12.7 Å². The van der Waals surface area contributed by atoms with Gasteiger partial charge in [0.15, 0.2) is 5.78 Å². The molecule has 0 aliphatic carbocycles. The number of rotatable bonds is 6. The second-order valence-corrected chi connectivity index (χ2v) is 10.6. The molecular formula is C29H25ClF3N3OS. The number of hydrogen-bond acceptors (Lipinski definition) is 5. The molecule has 38 heavy (non-hydrogen) atoms. The van der Waals surface area contributed by atoms with Crippen molar-refractivity contribution >= 4 is 39.4 Å². The van der Waals surface area contributed by atoms with Crippen molar-refractivity contribution in [3.8, 4) is 10.4 Å². The van der Waals surface area contributed by atoms with Gasteiger partial charge in [-0.25, -0.2) is 0 Å². The fourth-order valence-corrected chi connectivity index (χ4v) is 5.91. The lowest BCUT2D eigenvalue weighted by molar-refractivity contribution is -0.137. The summed E-state index contributed by atoms with van der Waals surface area (Å²) in [5.41, 5.74) is 9.50. The number of thiophene rings is 1. The molecule has 0 amide bonds. The Balaban J connectivity index is 1.39. The number of nitrogens with two attached hydrogens (primary N) is 1. The Morgan fingerprint density at radius 2 is 1.53 bits per heavy atom. The van der Waals surface area contributed by atoms with Gasteiger partial charge in [0, 0.05) is 53.9 Å². The molecule has 5 rings (SSSR count). The molecule has 9 heteroatoms. The molecule has 1 aromatic heterocycles. The number of halogens is 4. The van der Waals surface area contributed by atoms with Crippen molar-refractivity contribution in [1.29, 1.82) is 0 Å². The smallest absolute Gasteiger partial charge is 0.390 e. The maximum atomic E-state index is 13.6. The van der Waals surface area contributed by atoms with Gasteiger partial charge in [0.2, 0.25) is 0 Å². The van der Waals surface area contributed by atoms with Crippen molar-refractivity contribution in [3.63, 3.8) is 0 Å². The van der Waals surface area contributed by atoms with Gasteiger partial charge in [-0.05, 0) is 59.7 Å². The molecule has 1 aliphatic rings. The zero-order chi connectivity index (χ0) is 26.9. The van der Waals surface area contributed by atoms with Crippen LogP contribution in [-0.4, -0.2) is 36.9 Å². The number of piperazine rings is 1. The zero-order valence-electron chi connectivity index (χ0n) is 20.3. The second kappa shape index (κ2) is 10.8. The van der Waals surface area contributed by atoms with E-state index in [-0.39, 0.29) is 5.78 Å². The number of nitrogen functional groups attached to an aromatic ring is 1. The summed E-state index contributed by atoms with van der Waals surface area (Å²) in [5, 5.41) is 1.03. The molecule has 0 bridgehead atoms. The fourth-order valence-electron chi connectivity index (χ4n) is 4.70. The van der Waals surface area contributed by atoms with Crippen LogP contribution in [0.1, 0.15) is 27.0 Å². The molecule has 196 valence electrons. The van der Waals surface area contributed by atoms with Crippen LogP contribution < -0.4 is 10.6 Å². The number of nitrogens with zero attached hydrogens (tertiary/aromatic N) is 2. The summed E-state index contributed by atoms with van der Waals surface area (Å²) >= 11 is 7.44. The monoisotopic (exact) mass is 555 g/mol. The van der Waals surface area contributed by atoms with Crippen molar-refractivity contribution in [2.24, 2.45) is 0 Å². The number of benzene rings is 3. The van der Waals surface area contributed by atoms with Crippen LogP contribution in [0.15, 0.2) is 78.9 Å². The lowest BCUT2D eigenvalue weighted by atomic mass is 9.97. The highest BCUT2D eigenvalue weighted by Crippen LogP contribution is 2.41. The molecule has 0 spiro atoms. The average Bonchev–Trinajstić information content (AvgIpc) is 3.24. The average molecular weight is 556 g/mol. The Bertz CT molecular complexity index is 1410. The van der Waals surface area contributed by atoms with Crippen molar-refractivity contribution in [1.82, 2.24) is 4.90 Å². The standard InChI is InChI=1S/C29H25ClF3N3OS/c30-22-10-6-19(7-11-22)26(37)25-24(27(38-28(25)34)20-4-2-1-3-5-20)18-35-14-16-36(17-15-35)23-12-8-21(9-13-23)29(31,32)33/h1-13H,14-18,34H2. The number of carbonyl (C=O) groups is 1. The molecule has 0 unspecified atom stereocenters. The third-order valence-corrected chi connectivity index (χ3v) is 8.08. The normalized spacial score (nSPS) is 14.6. The minimum atomic E-state index is -4.35. The van der Waals surface area contributed by atoms with Crippen LogP contribution in [0.25, 0.3) is 10.4 Å². The van der Waals surface area contributed by atoms with E-state index < -0.39 is 11.7 Å². The van der Waals surface area contributed by atoms with Gasteiger partial charge in [0.1, 0.15) is 0 Å². The molecule has 4 aromatic rings. The Kier molecular flexibility index (Phi) is 7.47.